The van der Waals surface area contributed by atoms with E-state index in [-0.39, 0.29) is 11.9 Å². The van der Waals surface area contributed by atoms with E-state index >= 15 is 0 Å². The Kier molecular flexibility index (Phi) is 4.96. The number of hydrogen-bond acceptors (Lipinski definition) is 3. The van der Waals surface area contributed by atoms with Gasteiger partial charge in [-0.2, -0.15) is 0 Å². The summed E-state index contributed by atoms with van der Waals surface area (Å²) in [5, 5.41) is 12.2. The van der Waals surface area contributed by atoms with Gasteiger partial charge in [0.05, 0.1) is 0 Å². The van der Waals surface area contributed by atoms with Gasteiger partial charge in [-0.25, -0.2) is 0 Å². The van der Waals surface area contributed by atoms with Crippen LogP contribution in [0, 0.1) is 0 Å². The Morgan fingerprint density at radius 2 is 2.00 bits per heavy atom. The topological polar surface area (TPSA) is 69.6 Å². The van der Waals surface area contributed by atoms with Gasteiger partial charge in [-0.1, -0.05) is 24.3 Å². The van der Waals surface area contributed by atoms with Crippen LogP contribution < -0.4 is 5.32 Å². The average molecular weight is 290 g/mol. The first-order valence-corrected chi connectivity index (χ1v) is 7.30. The maximum absolute atomic E-state index is 11.7. The standard InChI is InChI=1S/C16H22N2O3/c1-11(2)17-15(19)7-8-18-10-13-6-4-3-5-12(13)9-14(18)16(20)21/h3-6,11,14H,7-10H2,1-2H3,(H,17,19)(H,20,21). The van der Waals surface area contributed by atoms with Crippen molar-refractivity contribution in [2.75, 3.05) is 6.54 Å². The van der Waals surface area contributed by atoms with Gasteiger partial charge in [0.25, 0.3) is 0 Å². The third-order valence-corrected chi connectivity index (χ3v) is 3.71. The van der Waals surface area contributed by atoms with Crippen molar-refractivity contribution >= 4 is 11.9 Å². The van der Waals surface area contributed by atoms with Crippen LogP contribution in [0.4, 0.5) is 0 Å². The predicted molar refractivity (Wildman–Crippen MR) is 79.9 cm³/mol. The molecule has 1 aliphatic heterocycles. The lowest BCUT2D eigenvalue weighted by Crippen LogP contribution is -2.47. The van der Waals surface area contributed by atoms with Gasteiger partial charge in [-0.15, -0.1) is 0 Å². The number of nitrogens with one attached hydrogen (secondary N) is 1. The highest BCUT2D eigenvalue weighted by atomic mass is 16.4. The minimum Gasteiger partial charge on any atom is -0.480 e. The lowest BCUT2D eigenvalue weighted by Gasteiger charge is -2.34. The van der Waals surface area contributed by atoms with Gasteiger partial charge in [-0.05, 0) is 31.4 Å². The van der Waals surface area contributed by atoms with E-state index in [1.165, 1.54) is 0 Å². The van der Waals surface area contributed by atoms with Gasteiger partial charge in [0.15, 0.2) is 0 Å². The Morgan fingerprint density at radius 3 is 2.62 bits per heavy atom. The highest BCUT2D eigenvalue weighted by Gasteiger charge is 2.31. The second-order valence-corrected chi connectivity index (χ2v) is 5.77. The number of rotatable bonds is 5. The molecule has 0 bridgehead atoms. The van der Waals surface area contributed by atoms with E-state index in [9.17, 15) is 14.7 Å². The highest BCUT2D eigenvalue weighted by molar-refractivity contribution is 5.77. The molecule has 0 saturated carbocycles. The van der Waals surface area contributed by atoms with Gasteiger partial charge in [0.1, 0.15) is 6.04 Å². The molecular formula is C16H22N2O3. The Bertz CT molecular complexity index is 528. The molecule has 5 heteroatoms. The molecule has 2 rings (SSSR count). The van der Waals surface area contributed by atoms with Crippen molar-refractivity contribution in [1.29, 1.82) is 0 Å². The maximum atomic E-state index is 11.7. The second kappa shape index (κ2) is 6.72. The molecule has 1 heterocycles. The molecule has 2 N–H and O–H groups in total. The van der Waals surface area contributed by atoms with Crippen molar-refractivity contribution in [1.82, 2.24) is 10.2 Å². The van der Waals surface area contributed by atoms with Crippen LogP contribution in [0.1, 0.15) is 31.4 Å². The van der Waals surface area contributed by atoms with Crippen molar-refractivity contribution < 1.29 is 14.7 Å². The Hall–Kier alpha value is -1.88. The normalized spacial score (nSPS) is 18.3. The number of hydrogen-bond donors (Lipinski definition) is 2. The van der Waals surface area contributed by atoms with Crippen molar-refractivity contribution in [3.8, 4) is 0 Å². The zero-order valence-electron chi connectivity index (χ0n) is 12.5. The van der Waals surface area contributed by atoms with Crippen molar-refractivity contribution in [2.45, 2.75) is 45.3 Å². The molecule has 21 heavy (non-hydrogen) atoms. The first-order chi connectivity index (χ1) is 9.97. The number of amides is 1. The lowest BCUT2D eigenvalue weighted by atomic mass is 9.94. The number of nitrogens with zero attached hydrogens (tertiary/aromatic N) is 1. The van der Waals surface area contributed by atoms with Gasteiger partial charge in [-0.3, -0.25) is 14.5 Å². The molecular weight excluding hydrogens is 268 g/mol. The molecule has 0 saturated heterocycles. The van der Waals surface area contributed by atoms with Crippen LogP contribution in [0.2, 0.25) is 0 Å². The maximum Gasteiger partial charge on any atom is 0.321 e. The summed E-state index contributed by atoms with van der Waals surface area (Å²) < 4.78 is 0. The molecule has 1 atom stereocenters. The van der Waals surface area contributed by atoms with Crippen LogP contribution in [0.15, 0.2) is 24.3 Å². The van der Waals surface area contributed by atoms with Crippen LogP contribution >= 0.6 is 0 Å². The third kappa shape index (κ3) is 4.04. The molecule has 1 aromatic rings. The minimum absolute atomic E-state index is 0.0343. The third-order valence-electron chi connectivity index (χ3n) is 3.71. The first-order valence-electron chi connectivity index (χ1n) is 7.30. The quantitative estimate of drug-likeness (QED) is 0.860. The number of aliphatic carboxylic acids is 1. The Labute approximate surface area is 125 Å². The van der Waals surface area contributed by atoms with Gasteiger partial charge < -0.3 is 10.4 Å². The van der Waals surface area contributed by atoms with Crippen LogP contribution in [0.5, 0.6) is 0 Å². The SMILES string of the molecule is CC(C)NC(=O)CCN1Cc2ccccc2CC1C(=O)O. The van der Waals surface area contributed by atoms with E-state index in [0.29, 0.717) is 25.9 Å². The molecule has 0 aliphatic carbocycles. The van der Waals surface area contributed by atoms with Gasteiger partial charge >= 0.3 is 5.97 Å². The molecule has 1 amide bonds. The van der Waals surface area contributed by atoms with E-state index in [1.54, 1.807) is 0 Å². The first kappa shape index (κ1) is 15.5. The van der Waals surface area contributed by atoms with E-state index in [1.807, 2.05) is 43.0 Å². The fourth-order valence-electron chi connectivity index (χ4n) is 2.69. The predicted octanol–water partition coefficient (Wildman–Crippen LogP) is 1.41. The molecule has 1 unspecified atom stereocenters. The summed E-state index contributed by atoms with van der Waals surface area (Å²) in [6.45, 7) is 4.87. The van der Waals surface area contributed by atoms with E-state index < -0.39 is 12.0 Å². The smallest absolute Gasteiger partial charge is 0.321 e. The summed E-state index contributed by atoms with van der Waals surface area (Å²) in [5.41, 5.74) is 2.24. The average Bonchev–Trinajstić information content (AvgIpc) is 2.43. The summed E-state index contributed by atoms with van der Waals surface area (Å²) in [4.78, 5) is 25.1. The Balaban J connectivity index is 2.03. The van der Waals surface area contributed by atoms with Crippen LogP contribution in [0.25, 0.3) is 0 Å². The fraction of sp³-hybridized carbons (Fsp3) is 0.500. The van der Waals surface area contributed by atoms with Crippen molar-refractivity contribution in [2.24, 2.45) is 0 Å². The molecule has 1 aromatic carbocycles. The largest absolute Gasteiger partial charge is 0.480 e. The van der Waals surface area contributed by atoms with Crippen molar-refractivity contribution in [3.63, 3.8) is 0 Å². The fourth-order valence-corrected chi connectivity index (χ4v) is 2.69. The zero-order chi connectivity index (χ0) is 15.4. The molecule has 0 radical (unpaired) electrons. The van der Waals surface area contributed by atoms with Crippen LogP contribution in [-0.4, -0.2) is 40.5 Å². The molecule has 0 spiro atoms. The Morgan fingerprint density at radius 1 is 1.33 bits per heavy atom. The highest BCUT2D eigenvalue weighted by Crippen LogP contribution is 2.23. The molecule has 0 fully saturated rings. The summed E-state index contributed by atoms with van der Waals surface area (Å²) >= 11 is 0. The van der Waals surface area contributed by atoms with Crippen molar-refractivity contribution in [3.05, 3.63) is 35.4 Å². The van der Waals surface area contributed by atoms with Crippen LogP contribution in [0.3, 0.4) is 0 Å². The second-order valence-electron chi connectivity index (χ2n) is 5.77. The number of carbonyl (C=O) groups excluding carboxylic acids is 1. The van der Waals surface area contributed by atoms with E-state index in [2.05, 4.69) is 5.32 Å². The number of benzene rings is 1. The molecule has 1 aliphatic rings. The number of carbonyl (C=O) groups is 2. The van der Waals surface area contributed by atoms with Crippen LogP contribution in [-0.2, 0) is 22.6 Å². The minimum atomic E-state index is -0.825. The molecule has 114 valence electrons. The van der Waals surface area contributed by atoms with E-state index in [0.717, 1.165) is 11.1 Å². The molecule has 0 aromatic heterocycles. The lowest BCUT2D eigenvalue weighted by molar-refractivity contribution is -0.144. The number of carboxylic acids is 1. The number of carboxylic acid groups (broad SMARTS) is 1. The number of fused-ring (bicyclic) bond motifs is 1. The summed E-state index contributed by atoms with van der Waals surface area (Å²) in [5.74, 6) is -0.859. The molecule has 5 nitrogen and oxygen atoms in total. The van der Waals surface area contributed by atoms with Gasteiger partial charge in [0, 0.05) is 25.6 Å². The summed E-state index contributed by atoms with van der Waals surface area (Å²) in [6.07, 6.45) is 0.821. The van der Waals surface area contributed by atoms with E-state index in [4.69, 9.17) is 0 Å². The zero-order valence-corrected chi connectivity index (χ0v) is 12.5. The summed E-state index contributed by atoms with van der Waals surface area (Å²) in [6, 6.07) is 7.46. The monoisotopic (exact) mass is 290 g/mol. The van der Waals surface area contributed by atoms with Gasteiger partial charge in [0.2, 0.25) is 5.91 Å². The summed E-state index contributed by atoms with van der Waals surface area (Å²) in [7, 11) is 0.